The molecule has 0 radical (unpaired) electrons. The van der Waals surface area contributed by atoms with Gasteiger partial charge in [-0.2, -0.15) is 12.6 Å². The molecule has 1 aromatic rings. The van der Waals surface area contributed by atoms with E-state index in [0.717, 1.165) is 0 Å². The maximum Gasteiger partial charge on any atom is 0.227 e. The lowest BCUT2D eigenvalue weighted by Crippen LogP contribution is -2.24. The molecule has 1 aromatic carbocycles. The second kappa shape index (κ2) is 4.75. The highest BCUT2D eigenvalue weighted by Gasteiger charge is 2.29. The van der Waals surface area contributed by atoms with Crippen LogP contribution in [0.4, 0.5) is 10.1 Å². The third-order valence-electron chi connectivity index (χ3n) is 2.68. The van der Waals surface area contributed by atoms with E-state index >= 15 is 0 Å². The SMILES string of the molecule is O=C1CC(CS)CN1c1ccc(Br)c(F)c1. The summed E-state index contributed by atoms with van der Waals surface area (Å²) in [7, 11) is 0. The first-order valence-electron chi connectivity index (χ1n) is 4.98. The Balaban J connectivity index is 2.24. The van der Waals surface area contributed by atoms with Crippen molar-refractivity contribution in [2.24, 2.45) is 5.92 Å². The highest BCUT2D eigenvalue weighted by atomic mass is 79.9. The maximum atomic E-state index is 13.3. The van der Waals surface area contributed by atoms with Crippen molar-refractivity contribution in [3.63, 3.8) is 0 Å². The fourth-order valence-electron chi connectivity index (χ4n) is 1.81. The lowest BCUT2D eigenvalue weighted by molar-refractivity contribution is -0.117. The van der Waals surface area contributed by atoms with Gasteiger partial charge in [0.05, 0.1) is 4.47 Å². The molecule has 5 heteroatoms. The number of carbonyl (C=O) groups is 1. The van der Waals surface area contributed by atoms with Crippen molar-refractivity contribution in [2.45, 2.75) is 6.42 Å². The van der Waals surface area contributed by atoms with E-state index in [9.17, 15) is 9.18 Å². The lowest BCUT2D eigenvalue weighted by Gasteiger charge is -2.16. The number of rotatable bonds is 2. The highest BCUT2D eigenvalue weighted by Crippen LogP contribution is 2.28. The van der Waals surface area contributed by atoms with Gasteiger partial charge in [0.2, 0.25) is 5.91 Å². The van der Waals surface area contributed by atoms with Gasteiger partial charge in [-0.25, -0.2) is 4.39 Å². The molecule has 0 aromatic heterocycles. The summed E-state index contributed by atoms with van der Waals surface area (Å²) < 4.78 is 13.7. The van der Waals surface area contributed by atoms with Crippen LogP contribution in [0.3, 0.4) is 0 Å². The summed E-state index contributed by atoms with van der Waals surface area (Å²) in [4.78, 5) is 13.3. The number of anilines is 1. The maximum absolute atomic E-state index is 13.3. The molecule has 0 aliphatic carbocycles. The summed E-state index contributed by atoms with van der Waals surface area (Å²) in [6.45, 7) is 0.628. The smallest absolute Gasteiger partial charge is 0.227 e. The molecule has 0 bridgehead atoms. The monoisotopic (exact) mass is 303 g/mol. The summed E-state index contributed by atoms with van der Waals surface area (Å²) in [5.74, 6) is 0.643. The Hall–Kier alpha value is -0.550. The molecule has 1 atom stereocenters. The average molecular weight is 304 g/mol. The second-order valence-corrected chi connectivity index (χ2v) is 5.07. The van der Waals surface area contributed by atoms with E-state index in [1.54, 1.807) is 17.0 Å². The summed E-state index contributed by atoms with van der Waals surface area (Å²) in [6, 6.07) is 4.74. The Bertz CT molecular complexity index is 426. The van der Waals surface area contributed by atoms with Gasteiger partial charge in [-0.05, 0) is 45.8 Å². The van der Waals surface area contributed by atoms with E-state index in [2.05, 4.69) is 28.6 Å². The van der Waals surface area contributed by atoms with E-state index in [1.807, 2.05) is 0 Å². The lowest BCUT2D eigenvalue weighted by atomic mass is 10.1. The third-order valence-corrected chi connectivity index (χ3v) is 3.84. The van der Waals surface area contributed by atoms with Crippen LogP contribution in [0.15, 0.2) is 22.7 Å². The Morgan fingerprint density at radius 1 is 1.56 bits per heavy atom. The Labute approximate surface area is 107 Å². The number of benzene rings is 1. The summed E-state index contributed by atoms with van der Waals surface area (Å²) >= 11 is 7.27. The van der Waals surface area contributed by atoms with Gasteiger partial charge in [-0.15, -0.1) is 0 Å². The van der Waals surface area contributed by atoms with E-state index in [0.29, 0.717) is 28.9 Å². The predicted octanol–water partition coefficient (Wildman–Crippen LogP) is 2.87. The van der Waals surface area contributed by atoms with Gasteiger partial charge in [0.1, 0.15) is 5.82 Å². The zero-order chi connectivity index (χ0) is 11.7. The number of hydrogen-bond donors (Lipinski definition) is 1. The van der Waals surface area contributed by atoms with Crippen LogP contribution < -0.4 is 4.90 Å². The Kier molecular flexibility index (Phi) is 3.54. The number of halogens is 2. The van der Waals surface area contributed by atoms with Gasteiger partial charge in [0, 0.05) is 18.7 Å². The van der Waals surface area contributed by atoms with Gasteiger partial charge in [0.15, 0.2) is 0 Å². The van der Waals surface area contributed by atoms with Crippen molar-refractivity contribution in [1.82, 2.24) is 0 Å². The van der Waals surface area contributed by atoms with Gasteiger partial charge in [-0.1, -0.05) is 0 Å². The molecule has 1 aliphatic heterocycles. The fraction of sp³-hybridized carbons (Fsp3) is 0.364. The van der Waals surface area contributed by atoms with Crippen LogP contribution in [0.25, 0.3) is 0 Å². The highest BCUT2D eigenvalue weighted by molar-refractivity contribution is 9.10. The van der Waals surface area contributed by atoms with Crippen molar-refractivity contribution in [3.8, 4) is 0 Å². The summed E-state index contributed by atoms with van der Waals surface area (Å²) in [5, 5.41) is 0. The minimum atomic E-state index is -0.348. The molecule has 86 valence electrons. The molecule has 2 nitrogen and oxygen atoms in total. The second-order valence-electron chi connectivity index (χ2n) is 3.86. The Morgan fingerprint density at radius 3 is 2.88 bits per heavy atom. The molecule has 1 unspecified atom stereocenters. The molecule has 1 fully saturated rings. The van der Waals surface area contributed by atoms with Crippen molar-refractivity contribution in [2.75, 3.05) is 17.2 Å². The van der Waals surface area contributed by atoms with E-state index in [-0.39, 0.29) is 17.6 Å². The van der Waals surface area contributed by atoms with E-state index in [1.165, 1.54) is 6.07 Å². The van der Waals surface area contributed by atoms with Crippen molar-refractivity contribution in [1.29, 1.82) is 0 Å². The zero-order valence-electron chi connectivity index (χ0n) is 8.49. The first kappa shape index (κ1) is 11.9. The molecular weight excluding hydrogens is 293 g/mol. The van der Waals surface area contributed by atoms with Gasteiger partial charge >= 0.3 is 0 Å². The molecule has 0 saturated carbocycles. The van der Waals surface area contributed by atoms with Crippen LogP contribution in [0.5, 0.6) is 0 Å². The average Bonchev–Trinajstić information content (AvgIpc) is 2.64. The topological polar surface area (TPSA) is 20.3 Å². The van der Waals surface area contributed by atoms with E-state index in [4.69, 9.17) is 0 Å². The van der Waals surface area contributed by atoms with Crippen LogP contribution in [0, 0.1) is 11.7 Å². The minimum absolute atomic E-state index is 0.0424. The Morgan fingerprint density at radius 2 is 2.31 bits per heavy atom. The molecule has 1 saturated heterocycles. The first-order chi connectivity index (χ1) is 7.61. The van der Waals surface area contributed by atoms with E-state index < -0.39 is 0 Å². The van der Waals surface area contributed by atoms with Crippen LogP contribution in [-0.4, -0.2) is 18.2 Å². The molecule has 16 heavy (non-hydrogen) atoms. The molecule has 2 rings (SSSR count). The largest absolute Gasteiger partial charge is 0.312 e. The van der Waals surface area contributed by atoms with Crippen molar-refractivity contribution >= 4 is 40.2 Å². The molecule has 1 aliphatic rings. The summed E-state index contributed by atoms with van der Waals surface area (Å²) in [5.41, 5.74) is 0.620. The van der Waals surface area contributed by atoms with Crippen LogP contribution in [0.1, 0.15) is 6.42 Å². The number of hydrogen-bond acceptors (Lipinski definition) is 2. The van der Waals surface area contributed by atoms with Crippen LogP contribution in [0.2, 0.25) is 0 Å². The predicted molar refractivity (Wildman–Crippen MR) is 68.4 cm³/mol. The van der Waals surface area contributed by atoms with Crippen LogP contribution in [-0.2, 0) is 4.79 Å². The van der Waals surface area contributed by atoms with Crippen LogP contribution >= 0.6 is 28.6 Å². The normalized spacial score (nSPS) is 20.6. The molecule has 0 N–H and O–H groups in total. The van der Waals surface area contributed by atoms with Crippen molar-refractivity contribution in [3.05, 3.63) is 28.5 Å². The van der Waals surface area contributed by atoms with Gasteiger partial charge in [0.25, 0.3) is 0 Å². The van der Waals surface area contributed by atoms with Gasteiger partial charge in [-0.3, -0.25) is 4.79 Å². The standard InChI is InChI=1S/C11H11BrFNOS/c12-9-2-1-8(4-10(9)13)14-5-7(6-16)3-11(14)15/h1-2,4,7,16H,3,5-6H2. The molecule has 1 heterocycles. The molecule has 0 spiro atoms. The third kappa shape index (κ3) is 2.25. The first-order valence-corrected chi connectivity index (χ1v) is 6.40. The number of carbonyl (C=O) groups excluding carboxylic acids is 1. The van der Waals surface area contributed by atoms with Crippen molar-refractivity contribution < 1.29 is 9.18 Å². The minimum Gasteiger partial charge on any atom is -0.312 e. The number of thiol groups is 1. The molecule has 1 amide bonds. The zero-order valence-corrected chi connectivity index (χ0v) is 11.0. The fourth-order valence-corrected chi connectivity index (χ4v) is 2.30. The number of amides is 1. The number of nitrogens with zero attached hydrogens (tertiary/aromatic N) is 1. The van der Waals surface area contributed by atoms with Gasteiger partial charge < -0.3 is 4.90 Å². The quantitative estimate of drug-likeness (QED) is 0.833. The molecular formula is C11H11BrFNOS. The summed E-state index contributed by atoms with van der Waals surface area (Å²) in [6.07, 6.45) is 0.501.